The van der Waals surface area contributed by atoms with Gasteiger partial charge < -0.3 is 4.74 Å². The Morgan fingerprint density at radius 2 is 2.04 bits per heavy atom. The molecule has 0 spiro atoms. The summed E-state index contributed by atoms with van der Waals surface area (Å²) in [6.07, 6.45) is 2.36. The zero-order valence-corrected chi connectivity index (χ0v) is 15.7. The van der Waals surface area contributed by atoms with Crippen molar-refractivity contribution < 1.29 is 4.74 Å². The summed E-state index contributed by atoms with van der Waals surface area (Å²) in [7, 11) is 3.38. The van der Waals surface area contributed by atoms with Crippen LogP contribution in [-0.4, -0.2) is 42.8 Å². The van der Waals surface area contributed by atoms with E-state index in [-0.39, 0.29) is 11.6 Å². The van der Waals surface area contributed by atoms with Crippen molar-refractivity contribution in [2.24, 2.45) is 7.05 Å². The Bertz CT molecular complexity index is 972. The normalized spacial score (nSPS) is 16.4. The number of ether oxygens (including phenoxy) is 1. The predicted molar refractivity (Wildman–Crippen MR) is 99.7 cm³/mol. The maximum atomic E-state index is 12.3. The van der Waals surface area contributed by atoms with Crippen molar-refractivity contribution in [2.75, 3.05) is 13.7 Å². The van der Waals surface area contributed by atoms with Gasteiger partial charge in [-0.3, -0.25) is 4.57 Å². The molecule has 0 saturated heterocycles. The monoisotopic (exact) mass is 368 g/mol. The first-order valence-corrected chi connectivity index (χ1v) is 9.25. The number of nitrogens with zero attached hydrogens (tertiary/aromatic N) is 6. The molecule has 8 nitrogen and oxygen atoms in total. The third kappa shape index (κ3) is 3.57. The van der Waals surface area contributed by atoms with Crippen LogP contribution in [0.1, 0.15) is 35.4 Å². The van der Waals surface area contributed by atoms with Gasteiger partial charge in [0.05, 0.1) is 13.2 Å². The van der Waals surface area contributed by atoms with Gasteiger partial charge in [0, 0.05) is 39.5 Å². The molecule has 27 heavy (non-hydrogen) atoms. The van der Waals surface area contributed by atoms with E-state index in [1.807, 2.05) is 22.9 Å². The van der Waals surface area contributed by atoms with Crippen LogP contribution in [-0.2, 0) is 37.7 Å². The molecule has 0 amide bonds. The van der Waals surface area contributed by atoms with Crippen molar-refractivity contribution in [1.29, 1.82) is 0 Å². The van der Waals surface area contributed by atoms with Crippen LogP contribution in [0.5, 0.6) is 0 Å². The summed E-state index contributed by atoms with van der Waals surface area (Å²) in [6, 6.07) is 10.2. The van der Waals surface area contributed by atoms with Gasteiger partial charge in [-0.05, 0) is 12.0 Å². The molecule has 142 valence electrons. The summed E-state index contributed by atoms with van der Waals surface area (Å²) in [4.78, 5) is 17.1. The van der Waals surface area contributed by atoms with Crippen molar-refractivity contribution in [1.82, 2.24) is 29.1 Å². The van der Waals surface area contributed by atoms with E-state index in [0.717, 1.165) is 30.3 Å². The van der Waals surface area contributed by atoms with E-state index in [1.54, 1.807) is 18.7 Å². The highest BCUT2D eigenvalue weighted by Crippen LogP contribution is 2.26. The van der Waals surface area contributed by atoms with Crippen LogP contribution < -0.4 is 5.69 Å². The zero-order chi connectivity index (χ0) is 18.8. The Morgan fingerprint density at radius 1 is 1.22 bits per heavy atom. The van der Waals surface area contributed by atoms with Crippen molar-refractivity contribution in [2.45, 2.75) is 38.3 Å². The highest BCUT2D eigenvalue weighted by atomic mass is 16.5. The van der Waals surface area contributed by atoms with Crippen molar-refractivity contribution in [3.8, 4) is 0 Å². The summed E-state index contributed by atoms with van der Waals surface area (Å²) in [5.74, 6) is 2.72. The fraction of sp³-hybridized carbons (Fsp3) is 0.474. The topological polar surface area (TPSA) is 79.8 Å². The lowest BCUT2D eigenvalue weighted by molar-refractivity contribution is 0.200. The number of hydrogen-bond acceptors (Lipinski definition) is 5. The highest BCUT2D eigenvalue weighted by Gasteiger charge is 2.28. The number of rotatable bonds is 6. The molecule has 1 aliphatic heterocycles. The van der Waals surface area contributed by atoms with Crippen LogP contribution in [0.25, 0.3) is 0 Å². The van der Waals surface area contributed by atoms with Crippen LogP contribution >= 0.6 is 0 Å². The first kappa shape index (κ1) is 17.7. The fourth-order valence-electron chi connectivity index (χ4n) is 3.63. The Balaban J connectivity index is 1.65. The van der Waals surface area contributed by atoms with Gasteiger partial charge in [0.2, 0.25) is 0 Å². The first-order chi connectivity index (χ1) is 13.2. The molecule has 0 N–H and O–H groups in total. The predicted octanol–water partition coefficient (Wildman–Crippen LogP) is 1.14. The largest absolute Gasteiger partial charge is 0.384 e. The molecule has 1 aliphatic rings. The summed E-state index contributed by atoms with van der Waals surface area (Å²) >= 11 is 0. The van der Waals surface area contributed by atoms with E-state index in [1.165, 1.54) is 10.2 Å². The highest BCUT2D eigenvalue weighted by molar-refractivity contribution is 5.16. The van der Waals surface area contributed by atoms with Crippen LogP contribution in [0.15, 0.2) is 35.1 Å². The lowest BCUT2D eigenvalue weighted by atomic mass is 9.98. The third-order valence-electron chi connectivity index (χ3n) is 5.02. The Kier molecular flexibility index (Phi) is 4.89. The standard InChI is InChI=1S/C19H24N6O2/c1-23-19(26)24-13-15(8-9-17(24)22-23)18-20-16(10-11-27-2)21-25(18)12-14-6-4-3-5-7-14/h3-7,15H,8-13H2,1-2H3. The fourth-order valence-corrected chi connectivity index (χ4v) is 3.63. The molecule has 3 heterocycles. The minimum atomic E-state index is -0.0663. The molecule has 4 rings (SSSR count). The smallest absolute Gasteiger partial charge is 0.345 e. The maximum absolute atomic E-state index is 12.3. The molecule has 1 unspecified atom stereocenters. The van der Waals surface area contributed by atoms with Gasteiger partial charge in [0.1, 0.15) is 11.6 Å². The van der Waals surface area contributed by atoms with Gasteiger partial charge in [-0.1, -0.05) is 30.3 Å². The summed E-state index contributed by atoms with van der Waals surface area (Å²) in [5, 5.41) is 9.04. The van der Waals surface area contributed by atoms with Gasteiger partial charge in [0.15, 0.2) is 5.82 Å². The number of aryl methyl sites for hydroxylation is 2. The second-order valence-electron chi connectivity index (χ2n) is 6.94. The summed E-state index contributed by atoms with van der Waals surface area (Å²) in [5.41, 5.74) is 1.11. The Labute approximate surface area is 157 Å². The second-order valence-corrected chi connectivity index (χ2v) is 6.94. The third-order valence-corrected chi connectivity index (χ3v) is 5.02. The van der Waals surface area contributed by atoms with Gasteiger partial charge >= 0.3 is 5.69 Å². The lowest BCUT2D eigenvalue weighted by Gasteiger charge is -2.22. The second kappa shape index (κ2) is 7.48. The van der Waals surface area contributed by atoms with Crippen LogP contribution in [0.3, 0.4) is 0 Å². The molecule has 2 aromatic heterocycles. The molecule has 0 saturated carbocycles. The van der Waals surface area contributed by atoms with Crippen molar-refractivity contribution in [3.63, 3.8) is 0 Å². The first-order valence-electron chi connectivity index (χ1n) is 9.25. The van der Waals surface area contributed by atoms with Gasteiger partial charge in [0.25, 0.3) is 0 Å². The van der Waals surface area contributed by atoms with Crippen LogP contribution in [0, 0.1) is 0 Å². The van der Waals surface area contributed by atoms with E-state index >= 15 is 0 Å². The average molecular weight is 368 g/mol. The molecule has 1 atom stereocenters. The van der Waals surface area contributed by atoms with Crippen LogP contribution in [0.4, 0.5) is 0 Å². The summed E-state index contributed by atoms with van der Waals surface area (Å²) in [6.45, 7) is 1.85. The zero-order valence-electron chi connectivity index (χ0n) is 15.7. The van der Waals surface area contributed by atoms with E-state index in [9.17, 15) is 4.79 Å². The van der Waals surface area contributed by atoms with E-state index in [4.69, 9.17) is 14.8 Å². The van der Waals surface area contributed by atoms with E-state index in [0.29, 0.717) is 26.1 Å². The quantitative estimate of drug-likeness (QED) is 0.652. The van der Waals surface area contributed by atoms with Crippen LogP contribution in [0.2, 0.25) is 0 Å². The molecule has 0 radical (unpaired) electrons. The molecule has 3 aromatic rings. The number of fused-ring (bicyclic) bond motifs is 1. The maximum Gasteiger partial charge on any atom is 0.345 e. The molecule has 8 heteroatoms. The Hall–Kier alpha value is -2.74. The molecule has 0 bridgehead atoms. The average Bonchev–Trinajstić information content (AvgIpc) is 3.21. The number of hydrogen-bond donors (Lipinski definition) is 0. The Morgan fingerprint density at radius 3 is 2.81 bits per heavy atom. The molecular weight excluding hydrogens is 344 g/mol. The number of aromatic nitrogens is 6. The molecular formula is C19H24N6O2. The van der Waals surface area contributed by atoms with Crippen molar-refractivity contribution in [3.05, 3.63) is 63.9 Å². The lowest BCUT2D eigenvalue weighted by Crippen LogP contribution is -2.30. The minimum Gasteiger partial charge on any atom is -0.384 e. The van der Waals surface area contributed by atoms with E-state index < -0.39 is 0 Å². The summed E-state index contributed by atoms with van der Waals surface area (Å²) < 4.78 is 10.3. The van der Waals surface area contributed by atoms with Crippen molar-refractivity contribution >= 4 is 0 Å². The van der Waals surface area contributed by atoms with E-state index in [2.05, 4.69) is 17.2 Å². The minimum absolute atomic E-state index is 0.0663. The number of methoxy groups -OCH3 is 1. The SMILES string of the molecule is COCCc1nc(C2CCc3nn(C)c(=O)n3C2)n(Cc2ccccc2)n1. The molecule has 0 aliphatic carbocycles. The van der Waals surface area contributed by atoms with Gasteiger partial charge in [-0.15, -0.1) is 0 Å². The molecule has 0 fully saturated rings. The van der Waals surface area contributed by atoms with Gasteiger partial charge in [-0.25, -0.2) is 19.1 Å². The van der Waals surface area contributed by atoms with Gasteiger partial charge in [-0.2, -0.15) is 10.2 Å². The molecule has 1 aromatic carbocycles. The number of benzene rings is 1.